The van der Waals surface area contributed by atoms with Gasteiger partial charge in [-0.1, -0.05) is 12.1 Å². The van der Waals surface area contributed by atoms with Crippen LogP contribution >= 0.6 is 0 Å². The number of rotatable bonds is 1. The second kappa shape index (κ2) is 4.26. The summed E-state index contributed by atoms with van der Waals surface area (Å²) in [7, 11) is 0. The van der Waals surface area contributed by atoms with Gasteiger partial charge in [0.1, 0.15) is 23.9 Å². The molecule has 0 N–H and O–H groups in total. The number of nitriles is 1. The molecule has 0 unspecified atom stereocenters. The maximum Gasteiger partial charge on any atom is 0.185 e. The molecule has 0 aliphatic rings. The topological polar surface area (TPSA) is 49.6 Å². The Kier molecular flexibility index (Phi) is 2.79. The quantitative estimate of drug-likeness (QED) is 0.757. The molecule has 0 saturated carbocycles. The Hall–Kier alpha value is -2.35. The highest BCUT2D eigenvalue weighted by atomic mass is 19.1. The van der Waals surface area contributed by atoms with Gasteiger partial charge in [-0.15, -0.1) is 0 Å². The number of aryl methyl sites for hydroxylation is 1. The van der Waals surface area contributed by atoms with Crippen LogP contribution in [0.4, 0.5) is 8.78 Å². The molecule has 0 amide bonds. The molecule has 1 aromatic carbocycles. The summed E-state index contributed by atoms with van der Waals surface area (Å²) in [5.41, 5.74) is 0.319. The number of aromatic nitrogens is 2. The third-order valence-electron chi connectivity index (χ3n) is 2.34. The fraction of sp³-hybridized carbons (Fsp3) is 0.0833. The number of nitrogens with zero attached hydrogens (tertiary/aromatic N) is 3. The monoisotopic (exact) mass is 231 g/mol. The van der Waals surface area contributed by atoms with E-state index < -0.39 is 11.6 Å². The van der Waals surface area contributed by atoms with Gasteiger partial charge in [0.25, 0.3) is 0 Å². The molecule has 0 saturated heterocycles. The second-order valence-corrected chi connectivity index (χ2v) is 3.46. The lowest BCUT2D eigenvalue weighted by Crippen LogP contribution is -1.97. The standard InChI is InChI=1S/C12H7F2N3/c1-7-2-3-8(4-9(7)13)12-11(14)10(5-15)16-6-17-12/h2-4,6H,1H3. The van der Waals surface area contributed by atoms with Gasteiger partial charge in [0, 0.05) is 5.56 Å². The average molecular weight is 231 g/mol. The smallest absolute Gasteiger partial charge is 0.185 e. The van der Waals surface area contributed by atoms with E-state index in [0.29, 0.717) is 5.56 Å². The summed E-state index contributed by atoms with van der Waals surface area (Å²) >= 11 is 0. The third kappa shape index (κ3) is 1.97. The lowest BCUT2D eigenvalue weighted by molar-refractivity contribution is 0.609. The van der Waals surface area contributed by atoms with Gasteiger partial charge in [-0.3, -0.25) is 0 Å². The van der Waals surface area contributed by atoms with Crippen molar-refractivity contribution < 1.29 is 8.78 Å². The fourth-order valence-corrected chi connectivity index (χ4v) is 1.39. The number of halogens is 2. The van der Waals surface area contributed by atoms with Crippen molar-refractivity contribution in [2.24, 2.45) is 0 Å². The Balaban J connectivity index is 2.61. The first-order chi connectivity index (χ1) is 8.13. The average Bonchev–Trinajstić information content (AvgIpc) is 2.33. The van der Waals surface area contributed by atoms with E-state index >= 15 is 0 Å². The molecule has 1 aromatic heterocycles. The van der Waals surface area contributed by atoms with Gasteiger partial charge in [0.15, 0.2) is 11.5 Å². The van der Waals surface area contributed by atoms with Crippen LogP contribution in [0.3, 0.4) is 0 Å². The van der Waals surface area contributed by atoms with Crippen LogP contribution in [0.25, 0.3) is 11.3 Å². The molecule has 0 radical (unpaired) electrons. The predicted octanol–water partition coefficient (Wildman–Crippen LogP) is 2.60. The van der Waals surface area contributed by atoms with Crippen molar-refractivity contribution in [3.05, 3.63) is 47.4 Å². The van der Waals surface area contributed by atoms with Gasteiger partial charge in [-0.05, 0) is 18.6 Å². The normalized spacial score (nSPS) is 10.0. The first kappa shape index (κ1) is 11.1. The highest BCUT2D eigenvalue weighted by Gasteiger charge is 2.13. The fourth-order valence-electron chi connectivity index (χ4n) is 1.39. The highest BCUT2D eigenvalue weighted by Crippen LogP contribution is 2.23. The first-order valence-corrected chi connectivity index (χ1v) is 4.80. The van der Waals surface area contributed by atoms with Gasteiger partial charge in [0.2, 0.25) is 0 Å². The molecule has 0 spiro atoms. The minimum Gasteiger partial charge on any atom is -0.233 e. The van der Waals surface area contributed by atoms with Gasteiger partial charge in [-0.25, -0.2) is 18.7 Å². The van der Waals surface area contributed by atoms with Crippen molar-refractivity contribution in [3.63, 3.8) is 0 Å². The predicted molar refractivity (Wildman–Crippen MR) is 56.8 cm³/mol. The molecule has 0 bridgehead atoms. The summed E-state index contributed by atoms with van der Waals surface area (Å²) in [6.45, 7) is 1.61. The SMILES string of the molecule is Cc1ccc(-c2ncnc(C#N)c2F)cc1F. The van der Waals surface area contributed by atoms with Gasteiger partial charge in [-0.2, -0.15) is 5.26 Å². The Bertz CT molecular complexity index is 618. The van der Waals surface area contributed by atoms with Crippen molar-refractivity contribution in [1.82, 2.24) is 9.97 Å². The van der Waals surface area contributed by atoms with Crippen LogP contribution in [0.5, 0.6) is 0 Å². The molecule has 3 nitrogen and oxygen atoms in total. The number of benzene rings is 1. The van der Waals surface area contributed by atoms with Crippen LogP contribution in [-0.4, -0.2) is 9.97 Å². The minimum absolute atomic E-state index is 0.0737. The minimum atomic E-state index is -0.835. The molecule has 0 fully saturated rings. The van der Waals surface area contributed by atoms with E-state index in [4.69, 9.17) is 5.26 Å². The molecule has 2 rings (SSSR count). The van der Waals surface area contributed by atoms with Crippen molar-refractivity contribution in [2.45, 2.75) is 6.92 Å². The first-order valence-electron chi connectivity index (χ1n) is 4.80. The zero-order valence-corrected chi connectivity index (χ0v) is 8.91. The summed E-state index contributed by atoms with van der Waals surface area (Å²) in [4.78, 5) is 7.21. The molecule has 0 atom stereocenters. The summed E-state index contributed by atoms with van der Waals surface area (Å²) in [5, 5.41) is 8.63. The Morgan fingerprint density at radius 2 is 2.00 bits per heavy atom. The second-order valence-electron chi connectivity index (χ2n) is 3.46. The van der Waals surface area contributed by atoms with Crippen LogP contribution in [0.1, 0.15) is 11.3 Å². The molecular formula is C12H7F2N3. The lowest BCUT2D eigenvalue weighted by atomic mass is 10.1. The van der Waals surface area contributed by atoms with Crippen LogP contribution in [-0.2, 0) is 0 Å². The molecule has 2 aromatic rings. The van der Waals surface area contributed by atoms with Crippen LogP contribution in [0.2, 0.25) is 0 Å². The van der Waals surface area contributed by atoms with E-state index in [2.05, 4.69) is 9.97 Å². The molecule has 17 heavy (non-hydrogen) atoms. The molecule has 84 valence electrons. The number of hydrogen-bond donors (Lipinski definition) is 0. The van der Waals surface area contributed by atoms with Gasteiger partial charge < -0.3 is 0 Å². The van der Waals surface area contributed by atoms with E-state index in [1.54, 1.807) is 19.1 Å². The molecule has 0 aliphatic carbocycles. The maximum absolute atomic E-state index is 13.7. The molecule has 5 heteroatoms. The number of hydrogen-bond acceptors (Lipinski definition) is 3. The van der Waals surface area contributed by atoms with Gasteiger partial charge >= 0.3 is 0 Å². The van der Waals surface area contributed by atoms with E-state index in [1.165, 1.54) is 12.1 Å². The zero-order valence-electron chi connectivity index (χ0n) is 8.91. The largest absolute Gasteiger partial charge is 0.233 e. The molecular weight excluding hydrogens is 224 g/mol. The van der Waals surface area contributed by atoms with Crippen LogP contribution in [0.15, 0.2) is 24.5 Å². The van der Waals surface area contributed by atoms with Crippen LogP contribution in [0, 0.1) is 29.9 Å². The Morgan fingerprint density at radius 1 is 1.24 bits per heavy atom. The van der Waals surface area contributed by atoms with Gasteiger partial charge in [0.05, 0.1) is 0 Å². The van der Waals surface area contributed by atoms with Crippen molar-refractivity contribution in [3.8, 4) is 17.3 Å². The van der Waals surface area contributed by atoms with E-state index in [1.807, 2.05) is 0 Å². The van der Waals surface area contributed by atoms with Crippen molar-refractivity contribution in [2.75, 3.05) is 0 Å². The third-order valence-corrected chi connectivity index (χ3v) is 2.34. The summed E-state index contributed by atoms with van der Waals surface area (Å²) in [5.74, 6) is -1.28. The Morgan fingerprint density at radius 3 is 2.65 bits per heavy atom. The zero-order chi connectivity index (χ0) is 12.4. The summed E-state index contributed by atoms with van der Waals surface area (Å²) < 4.78 is 27.1. The highest BCUT2D eigenvalue weighted by molar-refractivity contribution is 5.61. The van der Waals surface area contributed by atoms with Crippen LogP contribution < -0.4 is 0 Å². The van der Waals surface area contributed by atoms with E-state index in [-0.39, 0.29) is 17.0 Å². The van der Waals surface area contributed by atoms with Crippen molar-refractivity contribution >= 4 is 0 Å². The maximum atomic E-state index is 13.7. The summed E-state index contributed by atoms with van der Waals surface area (Å²) in [6.07, 6.45) is 1.08. The van der Waals surface area contributed by atoms with E-state index in [0.717, 1.165) is 6.33 Å². The lowest BCUT2D eigenvalue weighted by Gasteiger charge is -2.04. The van der Waals surface area contributed by atoms with E-state index in [9.17, 15) is 8.78 Å². The molecule has 1 heterocycles. The van der Waals surface area contributed by atoms with Crippen molar-refractivity contribution in [1.29, 1.82) is 5.26 Å². The Labute approximate surface area is 96.4 Å². The summed E-state index contributed by atoms with van der Waals surface area (Å²) in [6, 6.07) is 5.87. The molecule has 0 aliphatic heterocycles.